The Morgan fingerprint density at radius 3 is 2.76 bits per heavy atom. The fraction of sp³-hybridized carbons (Fsp3) is 0.294. The number of aromatic nitrogens is 3. The summed E-state index contributed by atoms with van der Waals surface area (Å²) >= 11 is 0. The molecule has 0 saturated carbocycles. The number of fused-ring (bicyclic) bond motifs is 1. The lowest BCUT2D eigenvalue weighted by Gasteiger charge is -2.08. The maximum absolute atomic E-state index is 4.67. The number of nitrogens with zero attached hydrogens (tertiary/aromatic N) is 3. The first-order valence-electron chi connectivity index (χ1n) is 7.34. The summed E-state index contributed by atoms with van der Waals surface area (Å²) in [4.78, 5) is 9.16. The molecular formula is C17H20N4. The van der Waals surface area contributed by atoms with Crippen molar-refractivity contribution in [1.82, 2.24) is 14.5 Å². The highest BCUT2D eigenvalue weighted by atomic mass is 15.1. The lowest BCUT2D eigenvalue weighted by molar-refractivity contribution is 0.957. The molecule has 3 rings (SSSR count). The topological polar surface area (TPSA) is 42.7 Å². The maximum Gasteiger partial charge on any atom is 0.140 e. The maximum atomic E-state index is 4.67. The first-order chi connectivity index (χ1) is 10.2. The van der Waals surface area contributed by atoms with Gasteiger partial charge in [-0.2, -0.15) is 0 Å². The van der Waals surface area contributed by atoms with Crippen LogP contribution in [0.2, 0.25) is 0 Å². The third-order valence-electron chi connectivity index (χ3n) is 3.70. The Morgan fingerprint density at radius 1 is 1.14 bits per heavy atom. The van der Waals surface area contributed by atoms with Gasteiger partial charge in [0.05, 0.1) is 11.0 Å². The molecule has 0 bridgehead atoms. The van der Waals surface area contributed by atoms with E-state index in [9.17, 15) is 0 Å². The standard InChI is InChI=1S/C17H20N4/c1-4-8-18-16-6-5-7-17(20-16)21-11-19-14-9-12(2)13(3)10-15(14)21/h5-7,9-11H,4,8H2,1-3H3,(H,18,20). The summed E-state index contributed by atoms with van der Waals surface area (Å²) in [6.45, 7) is 7.31. The first-order valence-corrected chi connectivity index (χ1v) is 7.34. The molecule has 0 radical (unpaired) electrons. The number of hydrogen-bond acceptors (Lipinski definition) is 3. The van der Waals surface area contributed by atoms with Crippen LogP contribution in [0.4, 0.5) is 5.82 Å². The second kappa shape index (κ2) is 5.56. The largest absolute Gasteiger partial charge is 0.370 e. The van der Waals surface area contributed by atoms with E-state index in [0.29, 0.717) is 0 Å². The average molecular weight is 280 g/mol. The number of benzene rings is 1. The van der Waals surface area contributed by atoms with E-state index in [2.05, 4.69) is 48.2 Å². The molecule has 3 aromatic rings. The van der Waals surface area contributed by atoms with Crippen LogP contribution in [0, 0.1) is 13.8 Å². The van der Waals surface area contributed by atoms with Gasteiger partial charge in [0, 0.05) is 6.54 Å². The second-order valence-corrected chi connectivity index (χ2v) is 5.35. The fourth-order valence-electron chi connectivity index (χ4n) is 2.36. The zero-order chi connectivity index (χ0) is 14.8. The number of nitrogens with one attached hydrogen (secondary N) is 1. The Bertz CT molecular complexity index is 774. The molecule has 0 fully saturated rings. The number of anilines is 1. The van der Waals surface area contributed by atoms with Crippen molar-refractivity contribution < 1.29 is 0 Å². The monoisotopic (exact) mass is 280 g/mol. The van der Waals surface area contributed by atoms with E-state index < -0.39 is 0 Å². The minimum atomic E-state index is 0.891. The predicted octanol–water partition coefficient (Wildman–Crippen LogP) is 3.86. The summed E-state index contributed by atoms with van der Waals surface area (Å²) in [7, 11) is 0. The third kappa shape index (κ3) is 2.61. The molecule has 0 saturated heterocycles. The Hall–Kier alpha value is -2.36. The molecule has 4 heteroatoms. The van der Waals surface area contributed by atoms with E-state index in [1.807, 2.05) is 29.1 Å². The molecule has 0 aliphatic rings. The Labute approximate surface area is 124 Å². The van der Waals surface area contributed by atoms with Crippen molar-refractivity contribution in [3.05, 3.63) is 47.8 Å². The van der Waals surface area contributed by atoms with Crippen LogP contribution in [0.1, 0.15) is 24.5 Å². The Kier molecular flexibility index (Phi) is 3.60. The van der Waals surface area contributed by atoms with Crippen molar-refractivity contribution in [2.24, 2.45) is 0 Å². The number of imidazole rings is 1. The molecule has 0 spiro atoms. The van der Waals surface area contributed by atoms with E-state index in [0.717, 1.165) is 35.6 Å². The van der Waals surface area contributed by atoms with Gasteiger partial charge in [-0.25, -0.2) is 9.97 Å². The van der Waals surface area contributed by atoms with Gasteiger partial charge in [-0.05, 0) is 55.7 Å². The van der Waals surface area contributed by atoms with Gasteiger partial charge in [0.25, 0.3) is 0 Å². The van der Waals surface area contributed by atoms with Gasteiger partial charge in [0.15, 0.2) is 0 Å². The van der Waals surface area contributed by atoms with Gasteiger partial charge >= 0.3 is 0 Å². The molecule has 108 valence electrons. The second-order valence-electron chi connectivity index (χ2n) is 5.35. The molecule has 1 N–H and O–H groups in total. The number of aryl methyl sites for hydroxylation is 2. The summed E-state index contributed by atoms with van der Waals surface area (Å²) in [5.41, 5.74) is 4.63. The van der Waals surface area contributed by atoms with Crippen LogP contribution < -0.4 is 5.32 Å². The fourth-order valence-corrected chi connectivity index (χ4v) is 2.36. The third-order valence-corrected chi connectivity index (χ3v) is 3.70. The van der Waals surface area contributed by atoms with Crippen LogP contribution in [0.25, 0.3) is 16.9 Å². The minimum Gasteiger partial charge on any atom is -0.370 e. The zero-order valence-electron chi connectivity index (χ0n) is 12.7. The highest BCUT2D eigenvalue weighted by molar-refractivity contribution is 5.79. The van der Waals surface area contributed by atoms with Gasteiger partial charge in [0.1, 0.15) is 18.0 Å². The molecule has 4 nitrogen and oxygen atoms in total. The van der Waals surface area contributed by atoms with E-state index in [1.54, 1.807) is 0 Å². The van der Waals surface area contributed by atoms with Gasteiger partial charge in [-0.15, -0.1) is 0 Å². The van der Waals surface area contributed by atoms with E-state index in [4.69, 9.17) is 0 Å². The summed E-state index contributed by atoms with van der Waals surface area (Å²) in [5, 5.41) is 3.32. The summed E-state index contributed by atoms with van der Waals surface area (Å²) in [5.74, 6) is 1.79. The molecule has 2 heterocycles. The van der Waals surface area contributed by atoms with Crippen molar-refractivity contribution in [3.8, 4) is 5.82 Å². The molecule has 0 amide bonds. The Balaban J connectivity index is 2.06. The molecule has 2 aromatic heterocycles. The Morgan fingerprint density at radius 2 is 1.95 bits per heavy atom. The van der Waals surface area contributed by atoms with Gasteiger partial charge < -0.3 is 5.32 Å². The molecular weight excluding hydrogens is 260 g/mol. The average Bonchev–Trinajstić information content (AvgIpc) is 2.89. The molecule has 0 aliphatic carbocycles. The van der Waals surface area contributed by atoms with Crippen LogP contribution in [-0.2, 0) is 0 Å². The summed E-state index contributed by atoms with van der Waals surface area (Å²) in [6, 6.07) is 10.3. The molecule has 0 atom stereocenters. The van der Waals surface area contributed by atoms with Crippen molar-refractivity contribution >= 4 is 16.9 Å². The highest BCUT2D eigenvalue weighted by Crippen LogP contribution is 2.21. The van der Waals surface area contributed by atoms with Crippen LogP contribution in [0.5, 0.6) is 0 Å². The van der Waals surface area contributed by atoms with Crippen molar-refractivity contribution in [1.29, 1.82) is 0 Å². The SMILES string of the molecule is CCCNc1cccc(-n2cnc3cc(C)c(C)cc32)n1. The van der Waals surface area contributed by atoms with Gasteiger partial charge in [-0.3, -0.25) is 4.57 Å². The molecule has 21 heavy (non-hydrogen) atoms. The van der Waals surface area contributed by atoms with Crippen LogP contribution >= 0.6 is 0 Å². The molecule has 1 aromatic carbocycles. The quantitative estimate of drug-likeness (QED) is 0.789. The number of hydrogen-bond donors (Lipinski definition) is 1. The first kappa shape index (κ1) is 13.6. The van der Waals surface area contributed by atoms with E-state index in [1.165, 1.54) is 11.1 Å². The normalized spacial score (nSPS) is 11.0. The van der Waals surface area contributed by atoms with E-state index in [-0.39, 0.29) is 0 Å². The molecule has 0 unspecified atom stereocenters. The predicted molar refractivity (Wildman–Crippen MR) is 87.1 cm³/mol. The van der Waals surface area contributed by atoms with Crippen molar-refractivity contribution in [2.75, 3.05) is 11.9 Å². The number of rotatable bonds is 4. The lowest BCUT2D eigenvalue weighted by atomic mass is 10.1. The highest BCUT2D eigenvalue weighted by Gasteiger charge is 2.08. The van der Waals surface area contributed by atoms with Gasteiger partial charge in [0.2, 0.25) is 0 Å². The minimum absolute atomic E-state index is 0.891. The van der Waals surface area contributed by atoms with Gasteiger partial charge in [-0.1, -0.05) is 13.0 Å². The summed E-state index contributed by atoms with van der Waals surface area (Å²) < 4.78 is 2.04. The van der Waals surface area contributed by atoms with Crippen LogP contribution in [0.15, 0.2) is 36.7 Å². The smallest absolute Gasteiger partial charge is 0.140 e. The summed E-state index contributed by atoms with van der Waals surface area (Å²) in [6.07, 6.45) is 2.92. The van der Waals surface area contributed by atoms with Crippen molar-refractivity contribution in [3.63, 3.8) is 0 Å². The zero-order valence-corrected chi connectivity index (χ0v) is 12.7. The lowest BCUT2D eigenvalue weighted by Crippen LogP contribution is -2.04. The van der Waals surface area contributed by atoms with Crippen molar-refractivity contribution in [2.45, 2.75) is 27.2 Å². The van der Waals surface area contributed by atoms with Crippen LogP contribution in [-0.4, -0.2) is 21.1 Å². The van der Waals surface area contributed by atoms with Crippen LogP contribution in [0.3, 0.4) is 0 Å². The van der Waals surface area contributed by atoms with E-state index >= 15 is 0 Å². The molecule has 0 aliphatic heterocycles. The number of pyridine rings is 1.